The Hall–Kier alpha value is -1.45. The van der Waals surface area contributed by atoms with Crippen LogP contribution in [0.5, 0.6) is 0 Å². The summed E-state index contributed by atoms with van der Waals surface area (Å²) in [5.41, 5.74) is 1.15. The summed E-state index contributed by atoms with van der Waals surface area (Å²) in [6.45, 7) is 5.29. The number of nitrogens with one attached hydrogen (secondary N) is 1. The molecular formula is C15H18ClN2O+. The topological polar surface area (TPSA) is 20.8 Å². The van der Waals surface area contributed by atoms with Gasteiger partial charge in [0.15, 0.2) is 5.76 Å². The Morgan fingerprint density at radius 2 is 1.89 bits per heavy atom. The predicted molar refractivity (Wildman–Crippen MR) is 76.8 cm³/mol. The number of rotatable bonds is 3. The highest BCUT2D eigenvalue weighted by molar-refractivity contribution is 6.33. The Bertz CT molecular complexity index is 519. The smallest absolute Gasteiger partial charge is 0.157 e. The summed E-state index contributed by atoms with van der Waals surface area (Å²) in [6, 6.07) is 12.1. The third-order valence-electron chi connectivity index (χ3n) is 3.67. The maximum Gasteiger partial charge on any atom is 0.157 e. The third kappa shape index (κ3) is 2.94. The molecule has 0 amide bonds. The molecular weight excluding hydrogens is 260 g/mol. The average Bonchev–Trinajstić information content (AvgIpc) is 2.93. The monoisotopic (exact) mass is 277 g/mol. The van der Waals surface area contributed by atoms with Crippen LogP contribution >= 0.6 is 11.6 Å². The molecule has 0 aliphatic carbocycles. The number of furan rings is 1. The van der Waals surface area contributed by atoms with Gasteiger partial charge in [-0.1, -0.05) is 23.7 Å². The number of halogens is 1. The van der Waals surface area contributed by atoms with Crippen molar-refractivity contribution in [2.45, 2.75) is 6.54 Å². The Morgan fingerprint density at radius 3 is 2.58 bits per heavy atom. The van der Waals surface area contributed by atoms with Gasteiger partial charge in [0, 0.05) is 0 Å². The molecule has 0 bridgehead atoms. The van der Waals surface area contributed by atoms with Gasteiger partial charge in [-0.3, -0.25) is 0 Å². The Labute approximate surface area is 118 Å². The van der Waals surface area contributed by atoms with Crippen molar-refractivity contribution < 1.29 is 9.32 Å². The number of hydrogen-bond acceptors (Lipinski definition) is 2. The van der Waals surface area contributed by atoms with Gasteiger partial charge in [0.05, 0.1) is 43.2 Å². The van der Waals surface area contributed by atoms with Gasteiger partial charge in [-0.05, 0) is 24.3 Å². The van der Waals surface area contributed by atoms with Gasteiger partial charge in [-0.25, -0.2) is 0 Å². The van der Waals surface area contributed by atoms with E-state index in [9.17, 15) is 0 Å². The predicted octanol–water partition coefficient (Wildman–Crippen LogP) is 1.84. The molecule has 19 heavy (non-hydrogen) atoms. The summed E-state index contributed by atoms with van der Waals surface area (Å²) in [5, 5.41) is 0.844. The lowest BCUT2D eigenvalue weighted by Crippen LogP contribution is -3.13. The van der Waals surface area contributed by atoms with Crippen LogP contribution in [0, 0.1) is 0 Å². The van der Waals surface area contributed by atoms with Gasteiger partial charge in [0.25, 0.3) is 0 Å². The third-order valence-corrected chi connectivity index (χ3v) is 3.99. The number of piperazine rings is 1. The molecule has 0 atom stereocenters. The fraction of sp³-hybridized carbons (Fsp3) is 0.333. The van der Waals surface area contributed by atoms with E-state index in [1.54, 1.807) is 11.2 Å². The van der Waals surface area contributed by atoms with E-state index in [1.165, 1.54) is 0 Å². The number of para-hydroxylation sites is 1. The summed E-state index contributed by atoms with van der Waals surface area (Å²) in [5.74, 6) is 1.07. The maximum absolute atomic E-state index is 6.25. The van der Waals surface area contributed by atoms with Crippen molar-refractivity contribution in [3.05, 3.63) is 53.4 Å². The molecule has 1 aliphatic heterocycles. The van der Waals surface area contributed by atoms with Gasteiger partial charge >= 0.3 is 0 Å². The normalized spacial score (nSPS) is 16.8. The maximum atomic E-state index is 6.25. The van der Waals surface area contributed by atoms with E-state index in [0.29, 0.717) is 0 Å². The van der Waals surface area contributed by atoms with Crippen LogP contribution in [0.15, 0.2) is 47.1 Å². The Morgan fingerprint density at radius 1 is 1.11 bits per heavy atom. The van der Waals surface area contributed by atoms with Crippen molar-refractivity contribution in [1.29, 1.82) is 0 Å². The highest BCUT2D eigenvalue weighted by Gasteiger charge is 2.22. The number of hydrogen-bond donors (Lipinski definition) is 1. The minimum Gasteiger partial charge on any atom is -0.463 e. The molecule has 0 spiro atoms. The fourth-order valence-corrected chi connectivity index (χ4v) is 2.86. The lowest BCUT2D eigenvalue weighted by molar-refractivity contribution is -0.915. The molecule has 1 fully saturated rings. The minimum absolute atomic E-state index is 0.844. The first-order valence-corrected chi connectivity index (χ1v) is 7.06. The van der Waals surface area contributed by atoms with Crippen LogP contribution < -0.4 is 9.80 Å². The van der Waals surface area contributed by atoms with E-state index in [2.05, 4.69) is 11.0 Å². The van der Waals surface area contributed by atoms with E-state index in [4.69, 9.17) is 16.0 Å². The van der Waals surface area contributed by atoms with Crippen molar-refractivity contribution in [2.24, 2.45) is 0 Å². The zero-order valence-electron chi connectivity index (χ0n) is 10.8. The van der Waals surface area contributed by atoms with Crippen molar-refractivity contribution in [2.75, 3.05) is 31.1 Å². The van der Waals surface area contributed by atoms with Gasteiger partial charge < -0.3 is 14.2 Å². The van der Waals surface area contributed by atoms with E-state index in [0.717, 1.165) is 49.2 Å². The Balaban J connectivity index is 1.59. The number of quaternary nitrogens is 1. The van der Waals surface area contributed by atoms with Crippen molar-refractivity contribution in [3.8, 4) is 0 Å². The molecule has 0 saturated carbocycles. The van der Waals surface area contributed by atoms with Crippen LogP contribution in [-0.4, -0.2) is 26.2 Å². The number of anilines is 1. The van der Waals surface area contributed by atoms with Crippen molar-refractivity contribution in [3.63, 3.8) is 0 Å². The standard InChI is InChI=1S/C15H17ClN2O/c16-14-5-1-2-6-15(14)18-9-7-17(8-10-18)12-13-4-3-11-19-13/h1-6,11H,7-10,12H2/p+1. The second-order valence-corrected chi connectivity index (χ2v) is 5.35. The second kappa shape index (κ2) is 5.68. The molecule has 0 unspecified atom stereocenters. The number of nitrogens with zero attached hydrogens (tertiary/aromatic N) is 1. The van der Waals surface area contributed by atoms with Crippen LogP contribution in [0.2, 0.25) is 5.02 Å². The largest absolute Gasteiger partial charge is 0.463 e. The minimum atomic E-state index is 0.844. The molecule has 2 aromatic rings. The average molecular weight is 278 g/mol. The molecule has 3 nitrogen and oxygen atoms in total. The van der Waals surface area contributed by atoms with Crippen LogP contribution in [0.3, 0.4) is 0 Å². The molecule has 100 valence electrons. The Kier molecular flexibility index (Phi) is 3.76. The second-order valence-electron chi connectivity index (χ2n) is 4.94. The van der Waals surface area contributed by atoms with Gasteiger partial charge in [-0.15, -0.1) is 0 Å². The highest BCUT2D eigenvalue weighted by Crippen LogP contribution is 2.24. The van der Waals surface area contributed by atoms with Crippen LogP contribution in [0.4, 0.5) is 5.69 Å². The molecule has 1 aliphatic rings. The lowest BCUT2D eigenvalue weighted by Gasteiger charge is -2.33. The lowest BCUT2D eigenvalue weighted by atomic mass is 10.2. The first kappa shape index (κ1) is 12.6. The molecule has 1 saturated heterocycles. The van der Waals surface area contributed by atoms with Crippen LogP contribution in [0.1, 0.15) is 5.76 Å². The van der Waals surface area contributed by atoms with Gasteiger partial charge in [-0.2, -0.15) is 0 Å². The van der Waals surface area contributed by atoms with Gasteiger partial charge in [0.1, 0.15) is 6.54 Å². The van der Waals surface area contributed by atoms with Gasteiger partial charge in [0.2, 0.25) is 0 Å². The summed E-state index contributed by atoms with van der Waals surface area (Å²) >= 11 is 6.25. The molecule has 3 rings (SSSR count). The fourth-order valence-electron chi connectivity index (χ4n) is 2.61. The highest BCUT2D eigenvalue weighted by atomic mass is 35.5. The van der Waals surface area contributed by atoms with Crippen LogP contribution in [0.25, 0.3) is 0 Å². The van der Waals surface area contributed by atoms with E-state index >= 15 is 0 Å². The molecule has 1 aromatic heterocycles. The summed E-state index contributed by atoms with van der Waals surface area (Å²) in [7, 11) is 0. The quantitative estimate of drug-likeness (QED) is 0.924. The zero-order valence-corrected chi connectivity index (χ0v) is 11.6. The molecule has 0 radical (unpaired) electrons. The van der Waals surface area contributed by atoms with E-state index in [1.807, 2.05) is 30.3 Å². The number of benzene rings is 1. The van der Waals surface area contributed by atoms with E-state index < -0.39 is 0 Å². The first-order valence-electron chi connectivity index (χ1n) is 6.68. The summed E-state index contributed by atoms with van der Waals surface area (Å²) < 4.78 is 5.41. The molecule has 2 heterocycles. The SMILES string of the molecule is Clc1ccccc1N1CC[NH+](Cc2ccco2)CC1. The molecule has 1 aromatic carbocycles. The van der Waals surface area contributed by atoms with E-state index in [-0.39, 0.29) is 0 Å². The molecule has 1 N–H and O–H groups in total. The summed E-state index contributed by atoms with van der Waals surface area (Å²) in [6.07, 6.45) is 1.74. The zero-order chi connectivity index (χ0) is 13.1. The molecule has 4 heteroatoms. The van der Waals surface area contributed by atoms with Crippen molar-refractivity contribution >= 4 is 17.3 Å². The summed E-state index contributed by atoms with van der Waals surface area (Å²) in [4.78, 5) is 3.94. The van der Waals surface area contributed by atoms with Crippen LogP contribution in [-0.2, 0) is 6.54 Å². The first-order chi connectivity index (χ1) is 9.33. The van der Waals surface area contributed by atoms with Crippen molar-refractivity contribution in [1.82, 2.24) is 0 Å².